The minimum Gasteiger partial charge on any atom is -0.468 e. The number of amides is 1. The van der Waals surface area contributed by atoms with E-state index in [0.29, 0.717) is 35.2 Å². The second-order valence-corrected chi connectivity index (χ2v) is 7.02. The number of hydrogen-bond acceptors (Lipinski definition) is 5. The number of hydrogen-bond donors (Lipinski definition) is 1. The second-order valence-electron chi connectivity index (χ2n) is 7.02. The van der Waals surface area contributed by atoms with E-state index in [-0.39, 0.29) is 11.9 Å². The van der Waals surface area contributed by atoms with Gasteiger partial charge in [0.15, 0.2) is 0 Å². The fraction of sp³-hybridized carbons (Fsp3) is 0.450. The lowest BCUT2D eigenvalue weighted by Gasteiger charge is -2.49. The Bertz CT molecular complexity index is 760. The first-order chi connectivity index (χ1) is 12.6. The molecule has 3 saturated heterocycles. The third-order valence-corrected chi connectivity index (χ3v) is 5.57. The van der Waals surface area contributed by atoms with E-state index in [4.69, 9.17) is 13.9 Å². The van der Waals surface area contributed by atoms with Gasteiger partial charge < -0.3 is 19.2 Å². The van der Waals surface area contributed by atoms with Crippen molar-refractivity contribution in [3.8, 4) is 17.6 Å². The summed E-state index contributed by atoms with van der Waals surface area (Å²) < 4.78 is 15.9. The molecule has 2 unspecified atom stereocenters. The van der Waals surface area contributed by atoms with E-state index < -0.39 is 0 Å². The first-order valence-electron chi connectivity index (χ1n) is 9.10. The Morgan fingerprint density at radius 1 is 1.12 bits per heavy atom. The molecule has 4 heterocycles. The highest BCUT2D eigenvalue weighted by molar-refractivity contribution is 5.94. The zero-order chi connectivity index (χ0) is 18.1. The third-order valence-electron chi connectivity index (χ3n) is 5.57. The molecule has 0 aliphatic carbocycles. The normalized spacial score (nSPS) is 27.2. The molecule has 1 N–H and O–H groups in total. The monoisotopic (exact) mass is 356 g/mol. The van der Waals surface area contributed by atoms with Crippen molar-refractivity contribution in [3.05, 3.63) is 42.0 Å². The van der Waals surface area contributed by atoms with Crippen LogP contribution in [0.5, 0.6) is 17.6 Å². The Kier molecular flexibility index (Phi) is 4.59. The van der Waals surface area contributed by atoms with Crippen LogP contribution in [0.4, 0.5) is 0 Å². The molecular weight excluding hydrogens is 332 g/mol. The molecule has 0 radical (unpaired) electrons. The quantitative estimate of drug-likeness (QED) is 0.891. The lowest BCUT2D eigenvalue weighted by Crippen LogP contribution is -2.62. The lowest BCUT2D eigenvalue weighted by atomic mass is 9.79. The van der Waals surface area contributed by atoms with Crippen molar-refractivity contribution < 1.29 is 18.7 Å². The molecule has 2 atom stereocenters. The van der Waals surface area contributed by atoms with E-state index in [1.807, 2.05) is 0 Å². The highest BCUT2D eigenvalue weighted by atomic mass is 16.6. The van der Waals surface area contributed by atoms with E-state index in [2.05, 4.69) is 17.1 Å². The smallest absolute Gasteiger partial charge is 0.292 e. The van der Waals surface area contributed by atoms with Gasteiger partial charge in [-0.05, 0) is 63.0 Å². The highest BCUT2D eigenvalue weighted by Gasteiger charge is 2.40. The summed E-state index contributed by atoms with van der Waals surface area (Å²) in [5, 5.41) is 3.24. The molecule has 6 nitrogen and oxygen atoms in total. The topological polar surface area (TPSA) is 63.9 Å². The predicted octanol–water partition coefficient (Wildman–Crippen LogP) is 3.29. The SMILES string of the molecule is COc1ccc(Oc2ccc(C(=O)NC3C4CCN(CC4)C3C)cc2)o1. The number of benzene rings is 1. The molecule has 1 amide bonds. The van der Waals surface area contributed by atoms with E-state index in [1.165, 1.54) is 20.0 Å². The third kappa shape index (κ3) is 3.29. The number of nitrogens with zero attached hydrogens (tertiary/aromatic N) is 1. The summed E-state index contributed by atoms with van der Waals surface area (Å²) in [4.78, 5) is 15.1. The molecule has 3 aliphatic heterocycles. The summed E-state index contributed by atoms with van der Waals surface area (Å²) in [6.07, 6.45) is 2.35. The van der Waals surface area contributed by atoms with E-state index in [0.717, 1.165) is 13.1 Å². The number of piperidine rings is 3. The van der Waals surface area contributed by atoms with Gasteiger partial charge in [-0.25, -0.2) is 0 Å². The molecule has 1 aromatic carbocycles. The highest BCUT2D eigenvalue weighted by Crippen LogP contribution is 2.32. The molecule has 3 aliphatic rings. The van der Waals surface area contributed by atoms with Gasteiger partial charge in [0.05, 0.1) is 7.11 Å². The molecule has 2 aromatic rings. The number of ether oxygens (including phenoxy) is 2. The number of fused-ring (bicyclic) bond motifs is 3. The first-order valence-corrected chi connectivity index (χ1v) is 9.10. The van der Waals surface area contributed by atoms with Gasteiger partial charge in [0.25, 0.3) is 17.8 Å². The van der Waals surface area contributed by atoms with Crippen LogP contribution in [-0.4, -0.2) is 43.1 Å². The number of carbonyl (C=O) groups is 1. The van der Waals surface area contributed by atoms with Crippen molar-refractivity contribution in [2.24, 2.45) is 5.92 Å². The van der Waals surface area contributed by atoms with Crippen LogP contribution in [0.25, 0.3) is 0 Å². The Labute approximate surface area is 153 Å². The van der Waals surface area contributed by atoms with Crippen molar-refractivity contribution in [3.63, 3.8) is 0 Å². The molecule has 1 aromatic heterocycles. The van der Waals surface area contributed by atoms with Crippen molar-refractivity contribution >= 4 is 5.91 Å². The van der Waals surface area contributed by atoms with Crippen LogP contribution in [0.15, 0.2) is 40.8 Å². The largest absolute Gasteiger partial charge is 0.468 e. The predicted molar refractivity (Wildman–Crippen MR) is 96.8 cm³/mol. The van der Waals surface area contributed by atoms with Crippen LogP contribution in [-0.2, 0) is 0 Å². The molecule has 138 valence electrons. The Morgan fingerprint density at radius 3 is 2.42 bits per heavy atom. The summed E-state index contributed by atoms with van der Waals surface area (Å²) in [5.41, 5.74) is 0.637. The van der Waals surface area contributed by atoms with Crippen LogP contribution < -0.4 is 14.8 Å². The van der Waals surface area contributed by atoms with Crippen molar-refractivity contribution in [1.82, 2.24) is 10.2 Å². The minimum atomic E-state index is -0.0261. The Morgan fingerprint density at radius 2 is 1.81 bits per heavy atom. The second kappa shape index (κ2) is 7.03. The van der Waals surface area contributed by atoms with Gasteiger partial charge in [0.1, 0.15) is 5.75 Å². The van der Waals surface area contributed by atoms with Gasteiger partial charge in [-0.15, -0.1) is 0 Å². The zero-order valence-electron chi connectivity index (χ0n) is 15.1. The van der Waals surface area contributed by atoms with Crippen LogP contribution >= 0.6 is 0 Å². The zero-order valence-corrected chi connectivity index (χ0v) is 15.1. The summed E-state index contributed by atoms with van der Waals surface area (Å²) >= 11 is 0. The lowest BCUT2D eigenvalue weighted by molar-refractivity contribution is 0.0217. The number of furan rings is 1. The molecule has 3 fully saturated rings. The van der Waals surface area contributed by atoms with Crippen molar-refractivity contribution in [2.75, 3.05) is 20.2 Å². The van der Waals surface area contributed by atoms with Crippen molar-refractivity contribution in [2.45, 2.75) is 31.8 Å². The maximum absolute atomic E-state index is 12.6. The minimum absolute atomic E-state index is 0.0261. The molecular formula is C20H24N2O4. The summed E-state index contributed by atoms with van der Waals surface area (Å²) in [7, 11) is 1.53. The van der Waals surface area contributed by atoms with Crippen LogP contribution in [0, 0.1) is 5.92 Å². The number of methoxy groups -OCH3 is 1. The number of carbonyl (C=O) groups excluding carboxylic acids is 1. The fourth-order valence-corrected chi connectivity index (χ4v) is 4.04. The molecule has 26 heavy (non-hydrogen) atoms. The van der Waals surface area contributed by atoms with Gasteiger partial charge in [-0.2, -0.15) is 0 Å². The summed E-state index contributed by atoms with van der Waals surface area (Å²) in [6, 6.07) is 11.1. The Balaban J connectivity index is 1.39. The van der Waals surface area contributed by atoms with Gasteiger partial charge >= 0.3 is 0 Å². The number of nitrogens with one attached hydrogen (secondary N) is 1. The molecule has 5 rings (SSSR count). The van der Waals surface area contributed by atoms with E-state index in [1.54, 1.807) is 36.4 Å². The molecule has 0 spiro atoms. The van der Waals surface area contributed by atoms with Gasteiger partial charge in [-0.3, -0.25) is 9.69 Å². The average Bonchev–Trinajstić information content (AvgIpc) is 3.13. The number of rotatable bonds is 5. The van der Waals surface area contributed by atoms with Crippen LogP contribution in [0.2, 0.25) is 0 Å². The Hall–Kier alpha value is -2.47. The average molecular weight is 356 g/mol. The van der Waals surface area contributed by atoms with Gasteiger partial charge in [0, 0.05) is 29.8 Å². The van der Waals surface area contributed by atoms with E-state index in [9.17, 15) is 4.79 Å². The standard InChI is InChI=1S/C20H24N2O4/c1-13-19(14-9-11-22(13)12-10-14)21-20(23)15-3-5-16(6-4-15)25-18-8-7-17(24-2)26-18/h3-8,13-14,19H,9-12H2,1-2H3,(H,21,23). The first kappa shape index (κ1) is 17.0. The maximum atomic E-state index is 12.6. The van der Waals surface area contributed by atoms with E-state index >= 15 is 0 Å². The summed E-state index contributed by atoms with van der Waals surface area (Å²) in [5.74, 6) is 1.91. The van der Waals surface area contributed by atoms with Gasteiger partial charge in [-0.1, -0.05) is 0 Å². The molecule has 0 saturated carbocycles. The maximum Gasteiger partial charge on any atom is 0.292 e. The van der Waals surface area contributed by atoms with Gasteiger partial charge in [0.2, 0.25) is 0 Å². The fourth-order valence-electron chi connectivity index (χ4n) is 4.04. The van der Waals surface area contributed by atoms with Crippen LogP contribution in [0.1, 0.15) is 30.1 Å². The van der Waals surface area contributed by atoms with Crippen LogP contribution in [0.3, 0.4) is 0 Å². The molecule has 6 heteroatoms. The molecule has 2 bridgehead atoms. The van der Waals surface area contributed by atoms with Crippen molar-refractivity contribution in [1.29, 1.82) is 0 Å². The summed E-state index contributed by atoms with van der Waals surface area (Å²) in [6.45, 7) is 4.52.